The molecule has 0 saturated carbocycles. The van der Waals surface area contributed by atoms with Gasteiger partial charge in [-0.2, -0.15) is 0 Å². The van der Waals surface area contributed by atoms with Crippen molar-refractivity contribution >= 4 is 90.8 Å². The Morgan fingerprint density at radius 3 is 1.92 bits per heavy atom. The Balaban J connectivity index is 0.000000140. The Morgan fingerprint density at radius 2 is 1.26 bits per heavy atom. The first kappa shape index (κ1) is 29.2. The van der Waals surface area contributed by atoms with Crippen molar-refractivity contribution in [2.75, 3.05) is 0 Å². The van der Waals surface area contributed by atoms with E-state index < -0.39 is 0 Å². The lowest BCUT2D eigenvalue weighted by Crippen LogP contribution is -1.99. The van der Waals surface area contributed by atoms with Crippen molar-refractivity contribution in [3.63, 3.8) is 0 Å². The number of hydrogen-bond acceptors (Lipinski definition) is 2. The molecule has 0 spiro atoms. The van der Waals surface area contributed by atoms with Crippen molar-refractivity contribution in [3.05, 3.63) is 131 Å². The van der Waals surface area contributed by atoms with Crippen LogP contribution in [0.2, 0.25) is 10.0 Å². The van der Waals surface area contributed by atoms with Crippen molar-refractivity contribution in [2.45, 2.75) is 12.8 Å². The van der Waals surface area contributed by atoms with Crippen LogP contribution in [-0.4, -0.2) is 12.7 Å². The molecule has 0 aromatic heterocycles. The van der Waals surface area contributed by atoms with Crippen LogP contribution in [0.1, 0.15) is 22.3 Å². The Kier molecular flexibility index (Phi) is 10.8. The quantitative estimate of drug-likeness (QED) is 0.213. The van der Waals surface area contributed by atoms with Crippen LogP contribution in [0, 0.1) is 0 Å². The highest BCUT2D eigenvalue weighted by Crippen LogP contribution is 2.40. The number of fused-ring (bicyclic) bond motifs is 2. The molecule has 4 aromatic carbocycles. The van der Waals surface area contributed by atoms with E-state index in [9.17, 15) is 0 Å². The molecule has 1 radical (unpaired) electrons. The molecule has 2 nitrogen and oxygen atoms in total. The van der Waals surface area contributed by atoms with Crippen molar-refractivity contribution in [3.8, 4) is 16.9 Å². The first-order valence-electron chi connectivity index (χ1n) is 11.6. The molecule has 0 saturated heterocycles. The maximum atomic E-state index is 8.28. The van der Waals surface area contributed by atoms with Gasteiger partial charge in [0.15, 0.2) is 0 Å². The van der Waals surface area contributed by atoms with Crippen molar-refractivity contribution in [1.82, 2.24) is 0 Å². The van der Waals surface area contributed by atoms with Crippen LogP contribution in [0.25, 0.3) is 23.3 Å². The average Bonchev–Trinajstić information content (AvgIpc) is 3.59. The zero-order valence-corrected chi connectivity index (χ0v) is 26.2. The van der Waals surface area contributed by atoms with Crippen molar-refractivity contribution < 1.29 is 9.68 Å². The molecule has 0 aliphatic heterocycles. The van der Waals surface area contributed by atoms with Crippen LogP contribution >= 0.6 is 71.0 Å². The third kappa shape index (κ3) is 7.04. The minimum absolute atomic E-state index is 0.602. The molecule has 0 heterocycles. The Bertz CT molecular complexity index is 1510. The van der Waals surface area contributed by atoms with Gasteiger partial charge in [-0.25, -0.2) is 0 Å². The molecule has 6 rings (SSSR count). The van der Waals surface area contributed by atoms with E-state index in [-0.39, 0.29) is 0 Å². The molecule has 2 aliphatic carbocycles. The van der Waals surface area contributed by atoms with Gasteiger partial charge in [-0.1, -0.05) is 106 Å². The molecule has 0 amide bonds. The predicted molar refractivity (Wildman–Crippen MR) is 172 cm³/mol. The topological polar surface area (TPSA) is 29.5 Å². The van der Waals surface area contributed by atoms with Crippen LogP contribution in [0.5, 0.6) is 5.75 Å². The fraction of sp³-hybridized carbons (Fsp3) is 0.0667. The molecule has 0 fully saturated rings. The molecule has 1 N–H and O–H groups in total. The van der Waals surface area contributed by atoms with E-state index in [1.54, 1.807) is 6.07 Å². The molecular weight excluding hydrogens is 714 g/mol. The summed E-state index contributed by atoms with van der Waals surface area (Å²) < 4.78 is 7.64. The van der Waals surface area contributed by atoms with E-state index in [4.69, 9.17) is 32.9 Å². The monoisotopic (exact) mass is 731 g/mol. The number of hydrogen-bond donors (Lipinski definition) is 1. The lowest BCUT2D eigenvalue weighted by molar-refractivity contribution is 0.452. The van der Waals surface area contributed by atoms with Gasteiger partial charge in [0.2, 0.25) is 0 Å². The summed E-state index contributed by atoms with van der Waals surface area (Å²) in [6.45, 7) is 0. The average molecular weight is 735 g/mol. The van der Waals surface area contributed by atoms with E-state index in [2.05, 4.69) is 90.3 Å². The minimum atomic E-state index is 0.602. The second-order valence-electron chi connectivity index (χ2n) is 8.28. The van der Waals surface area contributed by atoms with E-state index in [1.165, 1.54) is 22.3 Å². The Morgan fingerprint density at radius 1 is 0.684 bits per heavy atom. The highest BCUT2D eigenvalue weighted by molar-refractivity contribution is 9.11. The number of para-hydroxylation sites is 1. The summed E-state index contributed by atoms with van der Waals surface area (Å²) in [5, 5.41) is 9.87. The van der Waals surface area contributed by atoms with Crippen LogP contribution < -0.4 is 4.65 Å². The molecule has 0 atom stereocenters. The second-order valence-corrected chi connectivity index (χ2v) is 11.6. The molecule has 38 heavy (non-hydrogen) atoms. The van der Waals surface area contributed by atoms with Crippen LogP contribution in [-0.2, 0) is 12.8 Å². The predicted octanol–water partition coefficient (Wildman–Crippen LogP) is 10.4. The SMILES string of the molecule is Clc1ccc2c(c1-c1ccccc1Br)C=CC2.Clc1ccc2c(c1Br)C=CC2.O[B]Oc1ccccc1Br. The zero-order chi connectivity index (χ0) is 27.1. The number of rotatable bonds is 3. The Labute approximate surface area is 259 Å². The van der Waals surface area contributed by atoms with E-state index in [0.29, 0.717) is 13.4 Å². The molecule has 0 bridgehead atoms. The summed E-state index contributed by atoms with van der Waals surface area (Å²) in [5.74, 6) is 0.602. The number of halogens is 5. The third-order valence-electron chi connectivity index (χ3n) is 5.91. The van der Waals surface area contributed by atoms with Gasteiger partial charge in [-0.05, 0) is 103 Å². The smallest absolute Gasteiger partial charge is 0.537 e. The Hall–Kier alpha value is -1.80. The van der Waals surface area contributed by atoms with E-state index in [1.807, 2.05) is 48.5 Å². The van der Waals surface area contributed by atoms with Crippen LogP contribution in [0.4, 0.5) is 0 Å². The van der Waals surface area contributed by atoms with Gasteiger partial charge in [0.05, 0.1) is 9.50 Å². The molecule has 0 unspecified atom stereocenters. The summed E-state index contributed by atoms with van der Waals surface area (Å²) in [5.41, 5.74) is 7.47. The van der Waals surface area contributed by atoms with Gasteiger partial charge in [-0.3, -0.25) is 0 Å². The van der Waals surface area contributed by atoms with Crippen molar-refractivity contribution in [1.29, 1.82) is 0 Å². The maximum Gasteiger partial charge on any atom is 0.569 e. The molecular formula is C30H21BBr3Cl2O2. The van der Waals surface area contributed by atoms with Crippen LogP contribution in [0.3, 0.4) is 0 Å². The maximum absolute atomic E-state index is 8.28. The zero-order valence-electron chi connectivity index (χ0n) is 20.0. The molecule has 8 heteroatoms. The number of allylic oxidation sites excluding steroid dienone is 2. The highest BCUT2D eigenvalue weighted by Gasteiger charge is 2.16. The molecule has 2 aliphatic rings. The summed E-state index contributed by atoms with van der Waals surface area (Å²) >= 11 is 22.6. The third-order valence-corrected chi connectivity index (χ3v) is 8.97. The van der Waals surface area contributed by atoms with Gasteiger partial charge in [0, 0.05) is 19.5 Å². The first-order valence-corrected chi connectivity index (χ1v) is 14.8. The lowest BCUT2D eigenvalue weighted by Gasteiger charge is -2.12. The normalized spacial score (nSPS) is 12.1. The summed E-state index contributed by atoms with van der Waals surface area (Å²) in [7, 11) is 0.653. The molecule has 4 aromatic rings. The minimum Gasteiger partial charge on any atom is -0.537 e. The lowest BCUT2D eigenvalue weighted by atomic mass is 9.97. The van der Waals surface area contributed by atoms with Crippen molar-refractivity contribution in [2.24, 2.45) is 0 Å². The van der Waals surface area contributed by atoms with Gasteiger partial charge >= 0.3 is 7.69 Å². The second kappa shape index (κ2) is 14.0. The van der Waals surface area contributed by atoms with Gasteiger partial charge in [-0.15, -0.1) is 0 Å². The largest absolute Gasteiger partial charge is 0.569 e. The van der Waals surface area contributed by atoms with Gasteiger partial charge in [0.1, 0.15) is 5.75 Å². The van der Waals surface area contributed by atoms with E-state index >= 15 is 0 Å². The van der Waals surface area contributed by atoms with Gasteiger partial charge < -0.3 is 9.68 Å². The number of benzene rings is 4. The fourth-order valence-corrected chi connectivity index (χ4v) is 5.92. The van der Waals surface area contributed by atoms with E-state index in [0.717, 1.165) is 47.4 Å². The fourth-order valence-electron chi connectivity index (χ4n) is 4.11. The highest BCUT2D eigenvalue weighted by atomic mass is 79.9. The summed E-state index contributed by atoms with van der Waals surface area (Å²) in [4.78, 5) is 0. The first-order chi connectivity index (χ1) is 18.4. The van der Waals surface area contributed by atoms with Gasteiger partial charge in [0.25, 0.3) is 0 Å². The van der Waals surface area contributed by atoms with Crippen LogP contribution in [0.15, 0.2) is 98.4 Å². The standard InChI is InChI=1S/C15H10BrCl.C9H6BrCl.C6H5BBrO2/c16-13-7-2-1-5-12(13)15-11-6-3-4-10(11)8-9-14(15)17;10-9-7-3-1-2-6(7)4-5-8(9)11;8-5-3-1-2-4-6(5)10-7-9/h1-3,5-9H,4H2;1,3-5H,2H2;1-4,9H. The molecule has 191 valence electrons. The summed E-state index contributed by atoms with van der Waals surface area (Å²) in [6.07, 6.45) is 10.6. The summed E-state index contributed by atoms with van der Waals surface area (Å²) in [6, 6.07) is 23.6.